The molecule has 2 aromatic rings. The van der Waals surface area contributed by atoms with Gasteiger partial charge >= 0.3 is 0 Å². The van der Waals surface area contributed by atoms with E-state index in [9.17, 15) is 0 Å². The van der Waals surface area contributed by atoms with E-state index in [2.05, 4.69) is 62.7 Å². The monoisotopic (exact) mass is 359 g/mol. The van der Waals surface area contributed by atoms with E-state index < -0.39 is 0 Å². The Labute approximate surface area is 165 Å². The van der Waals surface area contributed by atoms with Crippen molar-refractivity contribution in [3.63, 3.8) is 0 Å². The van der Waals surface area contributed by atoms with Gasteiger partial charge in [0.05, 0.1) is 0 Å². The number of aryl methyl sites for hydroxylation is 1. The molecule has 0 saturated carbocycles. The SMILES string of the molecule is C=C(C)C1CCC(C)=CC1c1ccc(CCCCC)c(-c2cccnc2)c1. The molecule has 2 atom stereocenters. The van der Waals surface area contributed by atoms with Crippen LogP contribution in [0.25, 0.3) is 11.1 Å². The first-order chi connectivity index (χ1) is 13.1. The van der Waals surface area contributed by atoms with Crippen LogP contribution >= 0.6 is 0 Å². The summed E-state index contributed by atoms with van der Waals surface area (Å²) < 4.78 is 0. The number of allylic oxidation sites excluding steroid dienone is 3. The Morgan fingerprint density at radius 3 is 2.78 bits per heavy atom. The Bertz CT molecular complexity index is 800. The van der Waals surface area contributed by atoms with Crippen LogP contribution < -0.4 is 0 Å². The molecule has 0 bridgehead atoms. The van der Waals surface area contributed by atoms with Gasteiger partial charge in [-0.25, -0.2) is 0 Å². The molecule has 0 fully saturated rings. The smallest absolute Gasteiger partial charge is 0.0346 e. The zero-order chi connectivity index (χ0) is 19.2. The zero-order valence-electron chi connectivity index (χ0n) is 17.2. The van der Waals surface area contributed by atoms with Gasteiger partial charge in [-0.05, 0) is 68.2 Å². The van der Waals surface area contributed by atoms with Crippen LogP contribution in [-0.4, -0.2) is 4.98 Å². The maximum atomic E-state index is 4.37. The van der Waals surface area contributed by atoms with Gasteiger partial charge in [-0.15, -0.1) is 0 Å². The third kappa shape index (κ3) is 4.77. The van der Waals surface area contributed by atoms with Gasteiger partial charge in [-0.1, -0.05) is 67.8 Å². The third-order valence-corrected chi connectivity index (χ3v) is 5.92. The fourth-order valence-electron chi connectivity index (χ4n) is 4.33. The average molecular weight is 360 g/mol. The van der Waals surface area contributed by atoms with Gasteiger partial charge in [-0.3, -0.25) is 4.98 Å². The highest BCUT2D eigenvalue weighted by molar-refractivity contribution is 5.68. The van der Waals surface area contributed by atoms with Gasteiger partial charge in [0.1, 0.15) is 0 Å². The highest BCUT2D eigenvalue weighted by Crippen LogP contribution is 2.41. The fraction of sp³-hybridized carbons (Fsp3) is 0.423. The van der Waals surface area contributed by atoms with Crippen LogP contribution in [0.15, 0.2) is 66.5 Å². The Kier molecular flexibility index (Phi) is 6.66. The van der Waals surface area contributed by atoms with Crippen molar-refractivity contribution >= 4 is 0 Å². The average Bonchev–Trinajstić information content (AvgIpc) is 2.68. The number of hydrogen-bond donors (Lipinski definition) is 0. The van der Waals surface area contributed by atoms with Crippen molar-refractivity contribution in [3.05, 3.63) is 77.7 Å². The van der Waals surface area contributed by atoms with Crippen molar-refractivity contribution < 1.29 is 0 Å². The molecule has 1 aliphatic carbocycles. The molecule has 0 amide bonds. The van der Waals surface area contributed by atoms with Crippen LogP contribution in [0.5, 0.6) is 0 Å². The van der Waals surface area contributed by atoms with Gasteiger partial charge < -0.3 is 0 Å². The third-order valence-electron chi connectivity index (χ3n) is 5.92. The molecule has 1 heteroatoms. The van der Waals surface area contributed by atoms with E-state index in [4.69, 9.17) is 0 Å². The molecule has 1 aromatic heterocycles. The van der Waals surface area contributed by atoms with Crippen molar-refractivity contribution in [2.45, 2.75) is 65.2 Å². The van der Waals surface area contributed by atoms with Crippen LogP contribution in [-0.2, 0) is 6.42 Å². The lowest BCUT2D eigenvalue weighted by molar-refractivity contribution is 0.483. The summed E-state index contributed by atoms with van der Waals surface area (Å²) in [6, 6.07) is 11.4. The highest BCUT2D eigenvalue weighted by atomic mass is 14.6. The minimum Gasteiger partial charge on any atom is -0.264 e. The summed E-state index contributed by atoms with van der Waals surface area (Å²) in [7, 11) is 0. The van der Waals surface area contributed by atoms with Crippen LogP contribution in [0.1, 0.15) is 69.9 Å². The molecule has 27 heavy (non-hydrogen) atoms. The number of unbranched alkanes of at least 4 members (excludes halogenated alkanes) is 2. The first-order valence-electron chi connectivity index (χ1n) is 10.5. The van der Waals surface area contributed by atoms with Crippen molar-refractivity contribution in [1.29, 1.82) is 0 Å². The predicted octanol–water partition coefficient (Wildman–Crippen LogP) is 7.50. The summed E-state index contributed by atoms with van der Waals surface area (Å²) in [6.07, 6.45) is 13.7. The minimum atomic E-state index is 0.441. The summed E-state index contributed by atoms with van der Waals surface area (Å²) >= 11 is 0. The summed E-state index contributed by atoms with van der Waals surface area (Å²) in [5.74, 6) is 0.984. The largest absolute Gasteiger partial charge is 0.264 e. The number of aromatic nitrogens is 1. The van der Waals surface area contributed by atoms with Crippen molar-refractivity contribution in [2.75, 3.05) is 0 Å². The first-order valence-corrected chi connectivity index (χ1v) is 10.5. The number of nitrogens with zero attached hydrogens (tertiary/aromatic N) is 1. The lowest BCUT2D eigenvalue weighted by Crippen LogP contribution is -2.17. The maximum Gasteiger partial charge on any atom is 0.0346 e. The molecule has 142 valence electrons. The highest BCUT2D eigenvalue weighted by Gasteiger charge is 2.26. The van der Waals surface area contributed by atoms with Crippen LogP contribution in [0.4, 0.5) is 0 Å². The van der Waals surface area contributed by atoms with Crippen molar-refractivity contribution in [1.82, 2.24) is 4.98 Å². The second kappa shape index (κ2) is 9.17. The Morgan fingerprint density at radius 2 is 2.07 bits per heavy atom. The van der Waals surface area contributed by atoms with E-state index in [1.54, 1.807) is 0 Å². The number of rotatable bonds is 7. The second-order valence-electron chi connectivity index (χ2n) is 8.15. The molecule has 0 spiro atoms. The van der Waals surface area contributed by atoms with E-state index >= 15 is 0 Å². The predicted molar refractivity (Wildman–Crippen MR) is 117 cm³/mol. The van der Waals surface area contributed by atoms with Gasteiger partial charge in [0, 0.05) is 23.9 Å². The number of pyridine rings is 1. The molecule has 1 aliphatic rings. The van der Waals surface area contributed by atoms with Crippen molar-refractivity contribution in [2.24, 2.45) is 5.92 Å². The van der Waals surface area contributed by atoms with E-state index in [0.29, 0.717) is 11.8 Å². The molecule has 1 nitrogen and oxygen atoms in total. The minimum absolute atomic E-state index is 0.441. The van der Waals surface area contributed by atoms with Gasteiger partial charge in [0.2, 0.25) is 0 Å². The standard InChI is InChI=1S/C26H33N/c1-5-6-7-9-21-12-13-22(17-25(21)23-10-8-15-27-18-23)26-16-20(4)11-14-24(26)19(2)3/h8,10,12-13,15-18,24,26H,2,5-7,9,11,14H2,1,3-4H3. The summed E-state index contributed by atoms with van der Waals surface area (Å²) in [6.45, 7) is 11.0. The van der Waals surface area contributed by atoms with Crippen LogP contribution in [0.3, 0.4) is 0 Å². The number of benzene rings is 1. The topological polar surface area (TPSA) is 12.9 Å². The number of hydrogen-bond acceptors (Lipinski definition) is 1. The quantitative estimate of drug-likeness (QED) is 0.368. The van der Waals surface area contributed by atoms with Crippen LogP contribution in [0.2, 0.25) is 0 Å². The first kappa shape index (κ1) is 19.6. The van der Waals surface area contributed by atoms with Gasteiger partial charge in [0.15, 0.2) is 0 Å². The molecule has 0 N–H and O–H groups in total. The summed E-state index contributed by atoms with van der Waals surface area (Å²) in [5, 5.41) is 0. The Balaban J connectivity index is 2.01. The summed E-state index contributed by atoms with van der Waals surface area (Å²) in [5.41, 5.74) is 8.26. The van der Waals surface area contributed by atoms with E-state index in [1.807, 2.05) is 18.5 Å². The molecule has 2 unspecified atom stereocenters. The van der Waals surface area contributed by atoms with E-state index in [-0.39, 0.29) is 0 Å². The van der Waals surface area contributed by atoms with Gasteiger partial charge in [0.25, 0.3) is 0 Å². The molecule has 3 rings (SSSR count). The van der Waals surface area contributed by atoms with Crippen molar-refractivity contribution in [3.8, 4) is 11.1 Å². The second-order valence-corrected chi connectivity index (χ2v) is 8.15. The molecular formula is C26H33N. The van der Waals surface area contributed by atoms with E-state index in [0.717, 1.165) is 6.42 Å². The molecule has 1 aromatic carbocycles. The molecule has 0 aliphatic heterocycles. The molecule has 1 heterocycles. The normalized spacial score (nSPS) is 19.6. The maximum absolute atomic E-state index is 4.37. The van der Waals surface area contributed by atoms with E-state index in [1.165, 1.54) is 65.5 Å². The lowest BCUT2D eigenvalue weighted by atomic mass is 9.73. The zero-order valence-corrected chi connectivity index (χ0v) is 17.2. The molecule has 0 radical (unpaired) electrons. The Morgan fingerprint density at radius 1 is 1.22 bits per heavy atom. The molecular weight excluding hydrogens is 326 g/mol. The molecule has 0 saturated heterocycles. The summed E-state index contributed by atoms with van der Waals surface area (Å²) in [4.78, 5) is 4.37. The fourth-order valence-corrected chi connectivity index (χ4v) is 4.33. The Hall–Kier alpha value is -2.15. The van der Waals surface area contributed by atoms with Gasteiger partial charge in [-0.2, -0.15) is 0 Å². The van der Waals surface area contributed by atoms with Crippen LogP contribution in [0, 0.1) is 5.92 Å². The lowest BCUT2D eigenvalue weighted by Gasteiger charge is -2.31.